The zero-order valence-corrected chi connectivity index (χ0v) is 25.6. The lowest BCUT2D eigenvalue weighted by Gasteiger charge is -2.38. The van der Waals surface area contributed by atoms with E-state index in [1.807, 2.05) is 39.0 Å². The molecule has 1 aliphatic rings. The molecule has 0 N–H and O–H groups in total. The summed E-state index contributed by atoms with van der Waals surface area (Å²) >= 11 is 0. The molecule has 0 spiro atoms. The van der Waals surface area contributed by atoms with Gasteiger partial charge in [-0.3, -0.25) is 0 Å². The fourth-order valence-corrected chi connectivity index (χ4v) is 4.97. The van der Waals surface area contributed by atoms with Crippen molar-refractivity contribution < 1.29 is 28.5 Å². The molecule has 1 amide bonds. The third-order valence-corrected chi connectivity index (χ3v) is 8.11. The van der Waals surface area contributed by atoms with Crippen LogP contribution in [-0.4, -0.2) is 63.5 Å². The van der Waals surface area contributed by atoms with Crippen LogP contribution < -0.4 is 0 Å². The minimum absolute atomic E-state index is 0.0885. The first-order chi connectivity index (χ1) is 17.9. The van der Waals surface area contributed by atoms with E-state index in [1.54, 1.807) is 4.90 Å². The van der Waals surface area contributed by atoms with Crippen molar-refractivity contribution in [2.45, 2.75) is 103 Å². The molecule has 214 valence electrons. The van der Waals surface area contributed by atoms with Gasteiger partial charge in [0.1, 0.15) is 11.4 Å². The van der Waals surface area contributed by atoms with E-state index in [0.717, 1.165) is 44.8 Å². The number of carbonyl (C=O) groups is 2. The van der Waals surface area contributed by atoms with Gasteiger partial charge in [-0.05, 0) is 45.2 Å². The van der Waals surface area contributed by atoms with Crippen molar-refractivity contribution in [2.24, 2.45) is 0 Å². The highest BCUT2D eigenvalue weighted by atomic mass is 28.3. The highest BCUT2D eigenvalue weighted by Gasteiger charge is 2.37. The number of esters is 1. The third-order valence-electron chi connectivity index (χ3n) is 6.40. The Balaban J connectivity index is 1.96. The van der Waals surface area contributed by atoms with Crippen molar-refractivity contribution in [3.8, 4) is 0 Å². The second-order valence-electron chi connectivity index (χ2n) is 12.3. The Morgan fingerprint density at radius 2 is 1.68 bits per heavy atom. The van der Waals surface area contributed by atoms with Crippen molar-refractivity contribution in [2.75, 3.05) is 26.9 Å². The van der Waals surface area contributed by atoms with Crippen LogP contribution in [0.25, 0.3) is 0 Å². The Morgan fingerprint density at radius 3 is 2.32 bits per heavy atom. The molecular weight excluding hydrogens is 498 g/mol. The van der Waals surface area contributed by atoms with Gasteiger partial charge in [-0.15, -0.1) is 0 Å². The molecular formula is C30H49NO6Si. The molecule has 0 radical (unpaired) electrons. The minimum Gasteiger partial charge on any atom is -0.498 e. The minimum atomic E-state index is -1.29. The fourth-order valence-electron chi connectivity index (χ4n) is 4.26. The summed E-state index contributed by atoms with van der Waals surface area (Å²) in [7, 11) is 0.0712. The highest BCUT2D eigenvalue weighted by molar-refractivity contribution is 6.76. The number of nitrogens with zero attached hydrogens (tertiary/aromatic N) is 1. The first-order valence-electron chi connectivity index (χ1n) is 13.9. The summed E-state index contributed by atoms with van der Waals surface area (Å²) in [5.74, 6) is 0.213. The predicted molar refractivity (Wildman–Crippen MR) is 154 cm³/mol. The number of hydrogen-bond donors (Lipinski definition) is 0. The predicted octanol–water partition coefficient (Wildman–Crippen LogP) is 6.95. The van der Waals surface area contributed by atoms with Gasteiger partial charge in [0.25, 0.3) is 0 Å². The van der Waals surface area contributed by atoms with Crippen LogP contribution in [-0.2, 0) is 30.3 Å². The number of unbranched alkanes of at least 4 members (excludes halogenated alkanes) is 3. The molecule has 0 saturated carbocycles. The number of carbonyl (C=O) groups excluding carboxylic acids is 2. The van der Waals surface area contributed by atoms with Crippen molar-refractivity contribution in [3.63, 3.8) is 0 Å². The van der Waals surface area contributed by atoms with Crippen LogP contribution in [0, 0.1) is 0 Å². The SMILES string of the molecule is COC(=O)C1=C(OCC[Si](C)(C)C)C[C@@H](CCCCCCOCc2ccccc2)N(C(=O)OC(C)(C)C)C1. The summed E-state index contributed by atoms with van der Waals surface area (Å²) < 4.78 is 22.7. The molecule has 0 unspecified atom stereocenters. The van der Waals surface area contributed by atoms with Crippen molar-refractivity contribution in [1.29, 1.82) is 0 Å². The van der Waals surface area contributed by atoms with Crippen LogP contribution in [0.1, 0.15) is 64.9 Å². The zero-order valence-electron chi connectivity index (χ0n) is 24.6. The fraction of sp³-hybridized carbons (Fsp3) is 0.667. The maximum Gasteiger partial charge on any atom is 0.410 e. The second kappa shape index (κ2) is 15.3. The van der Waals surface area contributed by atoms with Crippen molar-refractivity contribution in [1.82, 2.24) is 4.90 Å². The summed E-state index contributed by atoms with van der Waals surface area (Å²) in [5.41, 5.74) is 0.986. The van der Waals surface area contributed by atoms with Gasteiger partial charge in [0.2, 0.25) is 0 Å². The lowest BCUT2D eigenvalue weighted by Crippen LogP contribution is -2.48. The summed E-state index contributed by atoms with van der Waals surface area (Å²) in [6, 6.07) is 11.1. The first-order valence-corrected chi connectivity index (χ1v) is 17.6. The molecule has 0 fully saturated rings. The van der Waals surface area contributed by atoms with Crippen LogP contribution in [0.5, 0.6) is 0 Å². The molecule has 1 aliphatic heterocycles. The topological polar surface area (TPSA) is 74.3 Å². The van der Waals surface area contributed by atoms with E-state index in [-0.39, 0.29) is 12.6 Å². The normalized spacial score (nSPS) is 16.4. The molecule has 0 saturated heterocycles. The van der Waals surface area contributed by atoms with Gasteiger partial charge in [0, 0.05) is 27.1 Å². The van der Waals surface area contributed by atoms with Crippen LogP contribution in [0.15, 0.2) is 41.7 Å². The van der Waals surface area contributed by atoms with Crippen molar-refractivity contribution in [3.05, 3.63) is 47.2 Å². The molecule has 8 heteroatoms. The number of ether oxygens (including phenoxy) is 4. The number of hydrogen-bond acceptors (Lipinski definition) is 6. The first kappa shape index (κ1) is 31.9. The Labute approximate surface area is 230 Å². The van der Waals surface area contributed by atoms with Gasteiger partial charge in [-0.25, -0.2) is 9.59 Å². The molecule has 1 aromatic rings. The Kier molecular flexibility index (Phi) is 12.9. The summed E-state index contributed by atoms with van der Waals surface area (Å²) in [4.78, 5) is 27.5. The van der Waals surface area contributed by atoms with E-state index in [0.29, 0.717) is 31.0 Å². The molecule has 1 aromatic carbocycles. The van der Waals surface area contributed by atoms with Gasteiger partial charge in [-0.1, -0.05) is 69.2 Å². The van der Waals surface area contributed by atoms with Crippen molar-refractivity contribution >= 4 is 20.1 Å². The lowest BCUT2D eigenvalue weighted by atomic mass is 9.96. The second-order valence-corrected chi connectivity index (χ2v) is 17.9. The number of methoxy groups -OCH3 is 1. The van der Waals surface area contributed by atoms with E-state index >= 15 is 0 Å². The largest absolute Gasteiger partial charge is 0.498 e. The third kappa shape index (κ3) is 12.0. The Bertz CT molecular complexity index is 904. The maximum absolute atomic E-state index is 13.1. The van der Waals surface area contributed by atoms with E-state index in [4.69, 9.17) is 18.9 Å². The van der Waals surface area contributed by atoms with Crippen LogP contribution in [0.2, 0.25) is 25.7 Å². The molecule has 1 atom stereocenters. The average molecular weight is 548 g/mol. The van der Waals surface area contributed by atoms with E-state index in [2.05, 4.69) is 31.8 Å². The molecule has 38 heavy (non-hydrogen) atoms. The number of rotatable bonds is 14. The van der Waals surface area contributed by atoms with Crippen LogP contribution >= 0.6 is 0 Å². The number of benzene rings is 1. The molecule has 0 aromatic heterocycles. The van der Waals surface area contributed by atoms with E-state index in [9.17, 15) is 9.59 Å². The summed E-state index contributed by atoms with van der Waals surface area (Å²) in [6.45, 7) is 14.6. The molecule has 1 heterocycles. The van der Waals surface area contributed by atoms with Crippen LogP contribution in [0.4, 0.5) is 4.79 Å². The lowest BCUT2D eigenvalue weighted by molar-refractivity contribution is -0.137. The van der Waals surface area contributed by atoms with E-state index in [1.165, 1.54) is 12.7 Å². The summed E-state index contributed by atoms with van der Waals surface area (Å²) in [5, 5.41) is 0. The zero-order chi connectivity index (χ0) is 28.2. The standard InChI is InChI=1S/C30H49NO6Si/c1-30(2,3)37-29(33)31-22-26(28(32)34-4)27(36-19-20-38(5,6)7)21-25(31)17-13-8-9-14-18-35-23-24-15-11-10-12-16-24/h10-12,15-16,25H,8-9,13-14,17-23H2,1-7H3/t25-/m1/s1. The van der Waals surface area contributed by atoms with Gasteiger partial charge in [0.15, 0.2) is 0 Å². The average Bonchev–Trinajstić information content (AvgIpc) is 2.84. The molecule has 0 aliphatic carbocycles. The van der Waals surface area contributed by atoms with Gasteiger partial charge in [0.05, 0.1) is 32.4 Å². The summed E-state index contributed by atoms with van der Waals surface area (Å²) in [6.07, 6.45) is 5.00. The Morgan fingerprint density at radius 1 is 1.00 bits per heavy atom. The highest BCUT2D eigenvalue weighted by Crippen LogP contribution is 2.30. The quantitative estimate of drug-likeness (QED) is 0.143. The molecule has 0 bridgehead atoms. The maximum atomic E-state index is 13.1. The monoisotopic (exact) mass is 547 g/mol. The van der Waals surface area contributed by atoms with Gasteiger partial charge >= 0.3 is 12.1 Å². The van der Waals surface area contributed by atoms with E-state index < -0.39 is 25.7 Å². The smallest absolute Gasteiger partial charge is 0.410 e. The Hall–Kier alpha value is -2.32. The van der Waals surface area contributed by atoms with Crippen LogP contribution in [0.3, 0.4) is 0 Å². The van der Waals surface area contributed by atoms with Gasteiger partial charge in [-0.2, -0.15) is 0 Å². The molecule has 2 rings (SSSR count). The van der Waals surface area contributed by atoms with Gasteiger partial charge < -0.3 is 23.8 Å². The molecule has 7 nitrogen and oxygen atoms in total. The number of amides is 1.